The molecule has 2 aromatic rings. The lowest BCUT2D eigenvalue weighted by atomic mass is 9.95. The van der Waals surface area contributed by atoms with Gasteiger partial charge in [0.15, 0.2) is 17.4 Å². The normalized spacial score (nSPS) is 19.8. The lowest BCUT2D eigenvalue weighted by molar-refractivity contribution is -0.114. The summed E-state index contributed by atoms with van der Waals surface area (Å²) >= 11 is 2.99. The van der Waals surface area contributed by atoms with Crippen LogP contribution in [-0.2, 0) is 4.79 Å². The summed E-state index contributed by atoms with van der Waals surface area (Å²) in [4.78, 5) is 29.3. The van der Waals surface area contributed by atoms with Gasteiger partial charge in [-0.2, -0.15) is 9.97 Å². The predicted octanol–water partition coefficient (Wildman–Crippen LogP) is 2.67. The molecule has 4 N–H and O–H groups in total. The van der Waals surface area contributed by atoms with Gasteiger partial charge in [0.1, 0.15) is 17.9 Å². The largest absolute Gasteiger partial charge is 0.493 e. The molecule has 0 spiro atoms. The van der Waals surface area contributed by atoms with Gasteiger partial charge in [-0.05, 0) is 67.2 Å². The van der Waals surface area contributed by atoms with E-state index in [0.717, 1.165) is 38.8 Å². The highest BCUT2D eigenvalue weighted by Gasteiger charge is 2.45. The number of hydrogen-bond donors (Lipinski definition) is 2. The van der Waals surface area contributed by atoms with Crippen molar-refractivity contribution in [2.75, 3.05) is 51.3 Å². The smallest absolute Gasteiger partial charge is 0.319 e. The first-order valence-electron chi connectivity index (χ1n) is 12.6. The lowest BCUT2D eigenvalue weighted by Crippen LogP contribution is -2.43. The molecular weight excluding hydrogens is 564 g/mol. The number of halogens is 3. The van der Waals surface area contributed by atoms with Gasteiger partial charge in [0.2, 0.25) is 0 Å². The quantitative estimate of drug-likeness (QED) is 0.370. The van der Waals surface area contributed by atoms with Crippen LogP contribution in [0.3, 0.4) is 0 Å². The number of carbonyl (C=O) groups is 1. The third-order valence-corrected chi connectivity index (χ3v) is 8.23. The second-order valence-electron chi connectivity index (χ2n) is 9.85. The maximum Gasteiger partial charge on any atom is 0.319 e. The van der Waals surface area contributed by atoms with Crippen LogP contribution in [0.1, 0.15) is 32.1 Å². The fourth-order valence-electron chi connectivity index (χ4n) is 5.68. The van der Waals surface area contributed by atoms with Gasteiger partial charge in [0.05, 0.1) is 40.5 Å². The molecule has 1 aromatic heterocycles. The molecule has 2 fully saturated rings. The molecule has 4 heterocycles. The zero-order valence-corrected chi connectivity index (χ0v) is 22.7. The van der Waals surface area contributed by atoms with Gasteiger partial charge in [0, 0.05) is 13.1 Å². The summed E-state index contributed by atoms with van der Waals surface area (Å²) < 4.78 is 41.7. The molecule has 3 aliphatic rings. The van der Waals surface area contributed by atoms with Gasteiger partial charge < -0.3 is 25.8 Å². The van der Waals surface area contributed by atoms with Crippen LogP contribution in [0.2, 0.25) is 0 Å². The van der Waals surface area contributed by atoms with Crippen molar-refractivity contribution in [3.05, 3.63) is 27.9 Å². The van der Waals surface area contributed by atoms with Crippen molar-refractivity contribution in [2.45, 2.75) is 37.6 Å². The number of methoxy groups -OCH3 is 1. The van der Waals surface area contributed by atoms with Crippen molar-refractivity contribution in [2.24, 2.45) is 16.5 Å². The van der Waals surface area contributed by atoms with Crippen LogP contribution in [0.15, 0.2) is 21.2 Å². The number of aromatic nitrogens is 2. The minimum absolute atomic E-state index is 0.00462. The maximum atomic E-state index is 15.5. The molecule has 0 aliphatic carbocycles. The topological polar surface area (TPSA) is 132 Å². The van der Waals surface area contributed by atoms with Gasteiger partial charge in [-0.25, -0.2) is 8.78 Å². The van der Waals surface area contributed by atoms with Crippen LogP contribution in [-0.4, -0.2) is 78.5 Å². The molecule has 1 aromatic carbocycles. The average Bonchev–Trinajstić information content (AvgIpc) is 3.39. The molecule has 13 heteroatoms. The number of ether oxygens (including phenoxy) is 2. The Morgan fingerprint density at radius 3 is 2.55 bits per heavy atom. The number of anilines is 1. The Morgan fingerprint density at radius 2 is 1.87 bits per heavy atom. The average molecular weight is 594 g/mol. The molecule has 0 radical (unpaired) electrons. The number of nitrogens with two attached hydrogens (primary N) is 2. The zero-order chi connectivity index (χ0) is 27.0. The van der Waals surface area contributed by atoms with Gasteiger partial charge >= 0.3 is 6.01 Å². The molecule has 1 amide bonds. The number of carbonyl (C=O) groups excluding carboxylic acids is 1. The minimum Gasteiger partial charge on any atom is -0.493 e. The number of nitrogens with zero attached hydrogens (tertiary/aromatic N) is 5. The molecule has 38 heavy (non-hydrogen) atoms. The van der Waals surface area contributed by atoms with Crippen LogP contribution in [0.4, 0.5) is 14.6 Å². The molecule has 204 valence electrons. The monoisotopic (exact) mass is 593 g/mol. The molecule has 0 atom stereocenters. The molecule has 0 bridgehead atoms. The number of rotatable bonds is 7. The van der Waals surface area contributed by atoms with E-state index in [2.05, 4.69) is 35.8 Å². The van der Waals surface area contributed by atoms with Crippen molar-refractivity contribution < 1.29 is 23.0 Å². The fraction of sp³-hybridized carbons (Fsp3) is 0.520. The Hall–Kier alpha value is -3.06. The Labute approximate surface area is 227 Å². The van der Waals surface area contributed by atoms with E-state index in [4.69, 9.17) is 20.9 Å². The van der Waals surface area contributed by atoms with E-state index in [1.54, 1.807) is 4.90 Å². The van der Waals surface area contributed by atoms with E-state index >= 15 is 8.78 Å². The van der Waals surface area contributed by atoms with Gasteiger partial charge in [-0.3, -0.25) is 14.7 Å². The number of fused-ring (bicyclic) bond motifs is 2. The molecule has 2 saturated heterocycles. The summed E-state index contributed by atoms with van der Waals surface area (Å²) in [5.74, 6) is -2.50. The van der Waals surface area contributed by atoms with Crippen molar-refractivity contribution in [1.82, 2.24) is 14.9 Å². The summed E-state index contributed by atoms with van der Waals surface area (Å²) in [5, 5.41) is 0.0766. The number of hydrogen-bond acceptors (Lipinski definition) is 9. The van der Waals surface area contributed by atoms with Crippen molar-refractivity contribution in [3.8, 4) is 11.8 Å². The van der Waals surface area contributed by atoms with Crippen LogP contribution < -0.4 is 25.8 Å². The summed E-state index contributed by atoms with van der Waals surface area (Å²) in [7, 11) is 1.30. The lowest BCUT2D eigenvalue weighted by Gasteiger charge is -2.31. The molecule has 0 unspecified atom stereocenters. The van der Waals surface area contributed by atoms with Gasteiger partial charge in [-0.1, -0.05) is 0 Å². The van der Waals surface area contributed by atoms with Gasteiger partial charge in [0.25, 0.3) is 5.91 Å². The van der Waals surface area contributed by atoms with E-state index in [1.165, 1.54) is 13.2 Å². The highest BCUT2D eigenvalue weighted by atomic mass is 79.9. The van der Waals surface area contributed by atoms with Crippen LogP contribution in [0.25, 0.3) is 10.9 Å². The zero-order valence-electron chi connectivity index (χ0n) is 21.1. The highest BCUT2D eigenvalue weighted by Crippen LogP contribution is 2.42. The van der Waals surface area contributed by atoms with Crippen molar-refractivity contribution in [3.63, 3.8) is 0 Å². The number of benzene rings is 1. The Kier molecular flexibility index (Phi) is 7.40. The van der Waals surface area contributed by atoms with Crippen molar-refractivity contribution in [1.29, 1.82) is 0 Å². The van der Waals surface area contributed by atoms with Crippen LogP contribution >= 0.6 is 15.9 Å². The van der Waals surface area contributed by atoms with E-state index in [-0.39, 0.29) is 50.7 Å². The van der Waals surface area contributed by atoms with E-state index < -0.39 is 17.5 Å². The molecule has 10 nitrogen and oxygen atoms in total. The molecular formula is C25H30BrF2N7O3. The highest BCUT2D eigenvalue weighted by molar-refractivity contribution is 9.10. The first-order valence-corrected chi connectivity index (χ1v) is 13.4. The SMILES string of the molecule is COc1c(F)c(Br)c(F)c2nc(OCC34CCCN3CCC4)nc(N3CCCN=C(/C=C(\N)C(N)=O)C3)c12. The standard InChI is InChI=1S/C25H30BrF2N7O3/c1-37-21-16-20(18(27)17(26)19(21)28)32-24(38-13-25-5-2-9-35(25)10-3-6-25)33-23(16)34-8-4-7-31-14(12-34)11-15(29)22(30)36/h11H,2-10,12-13,29H2,1H3,(H2,30,36)/b15-11-. The third-order valence-electron chi connectivity index (χ3n) is 7.53. The van der Waals surface area contributed by atoms with E-state index in [0.29, 0.717) is 31.8 Å². The molecule has 5 rings (SSSR count). The Balaban J connectivity index is 1.59. The van der Waals surface area contributed by atoms with Crippen LogP contribution in [0, 0.1) is 11.6 Å². The summed E-state index contributed by atoms with van der Waals surface area (Å²) in [6.45, 7) is 3.53. The number of primary amides is 1. The second kappa shape index (κ2) is 10.6. The van der Waals surface area contributed by atoms with Gasteiger partial charge in [-0.15, -0.1) is 0 Å². The summed E-state index contributed by atoms with van der Waals surface area (Å²) in [5.41, 5.74) is 11.2. The van der Waals surface area contributed by atoms with E-state index in [1.807, 2.05) is 0 Å². The number of aliphatic imine (C=N–C) groups is 1. The first kappa shape index (κ1) is 26.5. The van der Waals surface area contributed by atoms with Crippen LogP contribution in [0.5, 0.6) is 11.8 Å². The number of amides is 1. The third kappa shape index (κ3) is 4.77. The summed E-state index contributed by atoms with van der Waals surface area (Å²) in [6.07, 6.45) is 6.27. The molecule has 3 aliphatic heterocycles. The predicted molar refractivity (Wildman–Crippen MR) is 143 cm³/mol. The molecule has 0 saturated carbocycles. The minimum atomic E-state index is -0.899. The Morgan fingerprint density at radius 1 is 1.13 bits per heavy atom. The van der Waals surface area contributed by atoms with Crippen molar-refractivity contribution >= 4 is 44.3 Å². The Bertz CT molecular complexity index is 1330. The van der Waals surface area contributed by atoms with E-state index in [9.17, 15) is 4.79 Å². The first-order chi connectivity index (χ1) is 18.2. The second-order valence-corrected chi connectivity index (χ2v) is 10.6. The fourth-order valence-corrected chi connectivity index (χ4v) is 6.05. The summed E-state index contributed by atoms with van der Waals surface area (Å²) in [6, 6.07) is -0.00462. The maximum absolute atomic E-state index is 15.5.